The van der Waals surface area contributed by atoms with Gasteiger partial charge in [0.25, 0.3) is 0 Å². The first-order chi connectivity index (χ1) is 6.50. The van der Waals surface area contributed by atoms with Crippen molar-refractivity contribution in [2.24, 2.45) is 5.73 Å². The maximum Gasteiger partial charge on any atom is 0.139 e. The van der Waals surface area contributed by atoms with E-state index in [9.17, 15) is 0 Å². The van der Waals surface area contributed by atoms with Crippen LogP contribution < -0.4 is 10.5 Å². The fraction of sp³-hybridized carbons (Fsp3) is 0.333. The van der Waals surface area contributed by atoms with E-state index >= 15 is 0 Å². The summed E-state index contributed by atoms with van der Waals surface area (Å²) >= 11 is 17.4. The lowest BCUT2D eigenvalue weighted by molar-refractivity contribution is 0.296. The molecule has 1 aromatic carbocycles. The molecule has 0 spiro atoms. The second-order valence-corrected chi connectivity index (χ2v) is 4.21. The monoisotopic (exact) mass is 253 g/mol. The zero-order valence-electron chi connectivity index (χ0n) is 7.56. The number of hydrogen-bond donors (Lipinski definition) is 1. The van der Waals surface area contributed by atoms with Crippen molar-refractivity contribution in [2.75, 3.05) is 6.61 Å². The van der Waals surface area contributed by atoms with Crippen molar-refractivity contribution in [3.63, 3.8) is 0 Å². The Kier molecular flexibility index (Phi) is 4.32. The lowest BCUT2D eigenvalue weighted by Gasteiger charge is -2.10. The molecule has 0 aromatic heterocycles. The van der Waals surface area contributed by atoms with Crippen LogP contribution in [0.25, 0.3) is 0 Å². The molecule has 1 rings (SSSR count). The van der Waals surface area contributed by atoms with E-state index in [1.807, 2.05) is 6.92 Å². The Labute approximate surface area is 97.9 Å². The molecule has 0 fully saturated rings. The van der Waals surface area contributed by atoms with E-state index in [2.05, 4.69) is 0 Å². The van der Waals surface area contributed by atoms with E-state index in [1.165, 1.54) is 0 Å². The van der Waals surface area contributed by atoms with E-state index in [1.54, 1.807) is 12.1 Å². The van der Waals surface area contributed by atoms with E-state index in [0.29, 0.717) is 27.4 Å². The van der Waals surface area contributed by atoms with Gasteiger partial charge in [0.05, 0.1) is 15.1 Å². The molecule has 0 amide bonds. The fourth-order valence-electron chi connectivity index (χ4n) is 0.836. The third-order valence-corrected chi connectivity index (χ3v) is 2.49. The van der Waals surface area contributed by atoms with Crippen molar-refractivity contribution in [3.8, 4) is 5.75 Å². The number of nitrogens with two attached hydrogens (primary N) is 1. The smallest absolute Gasteiger partial charge is 0.139 e. The van der Waals surface area contributed by atoms with Gasteiger partial charge in [0.15, 0.2) is 0 Å². The zero-order chi connectivity index (χ0) is 10.7. The Bertz CT molecular complexity index is 328. The van der Waals surface area contributed by atoms with Crippen LogP contribution in [0.5, 0.6) is 5.75 Å². The Morgan fingerprint density at radius 2 is 1.79 bits per heavy atom. The molecule has 0 aliphatic rings. The maximum atomic E-state index is 5.88. The number of halogens is 3. The summed E-state index contributed by atoms with van der Waals surface area (Å²) in [4.78, 5) is 0. The van der Waals surface area contributed by atoms with Gasteiger partial charge >= 0.3 is 0 Å². The summed E-state index contributed by atoms with van der Waals surface area (Å²) in [6.07, 6.45) is 0. The molecule has 14 heavy (non-hydrogen) atoms. The van der Waals surface area contributed by atoms with Crippen molar-refractivity contribution in [3.05, 3.63) is 27.2 Å². The van der Waals surface area contributed by atoms with Crippen LogP contribution in [0.15, 0.2) is 12.1 Å². The Hall–Kier alpha value is -0.150. The topological polar surface area (TPSA) is 35.2 Å². The molecule has 1 aromatic rings. The highest BCUT2D eigenvalue weighted by molar-refractivity contribution is 6.43. The molecular weight excluding hydrogens is 244 g/mol. The average molecular weight is 255 g/mol. The quantitative estimate of drug-likeness (QED) is 0.840. The zero-order valence-corrected chi connectivity index (χ0v) is 9.83. The van der Waals surface area contributed by atoms with Gasteiger partial charge in [-0.25, -0.2) is 0 Å². The minimum Gasteiger partial charge on any atom is -0.490 e. The molecule has 78 valence electrons. The predicted molar refractivity (Wildman–Crippen MR) is 60.6 cm³/mol. The molecule has 0 radical (unpaired) electrons. The van der Waals surface area contributed by atoms with Crippen LogP contribution in [0.4, 0.5) is 0 Å². The summed E-state index contributed by atoms with van der Waals surface area (Å²) in [5.41, 5.74) is 5.53. The minimum absolute atomic E-state index is 0.0551. The largest absolute Gasteiger partial charge is 0.490 e. The van der Waals surface area contributed by atoms with Gasteiger partial charge in [-0.15, -0.1) is 0 Å². The van der Waals surface area contributed by atoms with Gasteiger partial charge in [-0.05, 0) is 13.0 Å². The molecule has 1 atom stereocenters. The van der Waals surface area contributed by atoms with Crippen LogP contribution in [0, 0.1) is 0 Å². The lowest BCUT2D eigenvalue weighted by atomic mass is 10.3. The first-order valence-corrected chi connectivity index (χ1v) is 5.17. The summed E-state index contributed by atoms with van der Waals surface area (Å²) in [7, 11) is 0. The minimum atomic E-state index is -0.0551. The second kappa shape index (κ2) is 5.08. The van der Waals surface area contributed by atoms with Crippen LogP contribution in [0.1, 0.15) is 6.92 Å². The van der Waals surface area contributed by atoms with Crippen molar-refractivity contribution < 1.29 is 4.74 Å². The first kappa shape index (κ1) is 11.9. The molecule has 1 unspecified atom stereocenters. The predicted octanol–water partition coefficient (Wildman–Crippen LogP) is 3.37. The Morgan fingerprint density at radius 3 is 2.36 bits per heavy atom. The SMILES string of the molecule is CC(N)COc1cc(Cl)c(Cl)cc1Cl. The molecule has 0 saturated carbocycles. The number of hydrogen-bond acceptors (Lipinski definition) is 2. The molecule has 0 bridgehead atoms. The van der Waals surface area contributed by atoms with Crippen LogP contribution >= 0.6 is 34.8 Å². The maximum absolute atomic E-state index is 5.88. The van der Waals surface area contributed by atoms with Crippen molar-refractivity contribution in [1.82, 2.24) is 0 Å². The molecule has 2 N–H and O–H groups in total. The van der Waals surface area contributed by atoms with Gasteiger partial charge < -0.3 is 10.5 Å². The average Bonchev–Trinajstić information content (AvgIpc) is 2.09. The van der Waals surface area contributed by atoms with E-state index in [0.717, 1.165) is 0 Å². The van der Waals surface area contributed by atoms with Gasteiger partial charge in [-0.2, -0.15) is 0 Å². The molecule has 0 aliphatic carbocycles. The third-order valence-electron chi connectivity index (χ3n) is 1.48. The third kappa shape index (κ3) is 3.21. The fourth-order valence-corrected chi connectivity index (χ4v) is 1.43. The van der Waals surface area contributed by atoms with E-state index in [4.69, 9.17) is 45.3 Å². The standard InChI is InChI=1S/C9H10Cl3NO/c1-5(13)4-14-9-3-7(11)6(10)2-8(9)12/h2-3,5H,4,13H2,1H3. The van der Waals surface area contributed by atoms with Crippen LogP contribution in [-0.4, -0.2) is 12.6 Å². The second-order valence-electron chi connectivity index (χ2n) is 2.99. The molecular formula is C9H10Cl3NO. The molecule has 0 aliphatic heterocycles. The van der Waals surface area contributed by atoms with Crippen LogP contribution in [-0.2, 0) is 0 Å². The van der Waals surface area contributed by atoms with Gasteiger partial charge in [-0.3, -0.25) is 0 Å². The van der Waals surface area contributed by atoms with Gasteiger partial charge in [0.1, 0.15) is 12.4 Å². The highest BCUT2D eigenvalue weighted by Crippen LogP contribution is 2.33. The highest BCUT2D eigenvalue weighted by atomic mass is 35.5. The molecule has 0 heterocycles. The summed E-state index contributed by atoms with van der Waals surface area (Å²) < 4.78 is 5.33. The van der Waals surface area contributed by atoms with Crippen molar-refractivity contribution in [2.45, 2.75) is 13.0 Å². The van der Waals surface area contributed by atoms with Gasteiger partial charge in [0, 0.05) is 12.1 Å². The Morgan fingerprint density at radius 1 is 1.21 bits per heavy atom. The number of benzene rings is 1. The number of ether oxygens (including phenoxy) is 1. The van der Waals surface area contributed by atoms with Crippen molar-refractivity contribution >= 4 is 34.8 Å². The van der Waals surface area contributed by atoms with E-state index < -0.39 is 0 Å². The highest BCUT2D eigenvalue weighted by Gasteiger charge is 2.07. The summed E-state index contributed by atoms with van der Waals surface area (Å²) in [6, 6.07) is 3.07. The summed E-state index contributed by atoms with van der Waals surface area (Å²) in [5, 5.41) is 1.25. The Balaban J connectivity index is 2.82. The molecule has 0 saturated heterocycles. The number of rotatable bonds is 3. The molecule has 5 heteroatoms. The van der Waals surface area contributed by atoms with Gasteiger partial charge in [-0.1, -0.05) is 34.8 Å². The van der Waals surface area contributed by atoms with Crippen LogP contribution in [0.2, 0.25) is 15.1 Å². The molecule has 2 nitrogen and oxygen atoms in total. The van der Waals surface area contributed by atoms with Crippen molar-refractivity contribution in [1.29, 1.82) is 0 Å². The van der Waals surface area contributed by atoms with Crippen LogP contribution in [0.3, 0.4) is 0 Å². The normalized spacial score (nSPS) is 12.6. The lowest BCUT2D eigenvalue weighted by Crippen LogP contribution is -2.23. The first-order valence-electron chi connectivity index (χ1n) is 4.03. The van der Waals surface area contributed by atoms with Gasteiger partial charge in [0.2, 0.25) is 0 Å². The van der Waals surface area contributed by atoms with E-state index in [-0.39, 0.29) is 6.04 Å². The summed E-state index contributed by atoms with van der Waals surface area (Å²) in [5.74, 6) is 0.498. The summed E-state index contributed by atoms with van der Waals surface area (Å²) in [6.45, 7) is 2.23.